The highest BCUT2D eigenvalue weighted by Gasteiger charge is 2.46. The van der Waals surface area contributed by atoms with Crippen LogP contribution in [0.5, 0.6) is 5.75 Å². The highest BCUT2D eigenvalue weighted by molar-refractivity contribution is 5.80. The second-order valence-corrected chi connectivity index (χ2v) is 8.74. The van der Waals surface area contributed by atoms with Gasteiger partial charge in [0.05, 0.1) is 18.3 Å². The zero-order valence-corrected chi connectivity index (χ0v) is 19.2. The minimum Gasteiger partial charge on any atom is -0.489 e. The van der Waals surface area contributed by atoms with Crippen molar-refractivity contribution in [2.45, 2.75) is 37.3 Å². The van der Waals surface area contributed by atoms with Gasteiger partial charge in [0.25, 0.3) is 0 Å². The molecule has 0 saturated heterocycles. The fourth-order valence-electron chi connectivity index (χ4n) is 4.37. The number of hydrogen-bond acceptors (Lipinski definition) is 4. The van der Waals surface area contributed by atoms with Crippen molar-refractivity contribution in [3.8, 4) is 16.9 Å². The molecule has 38 heavy (non-hydrogen) atoms. The maximum absolute atomic E-state index is 13.9. The number of alkyl halides is 7. The molecule has 4 rings (SSSR count). The van der Waals surface area contributed by atoms with Crippen LogP contribution in [0, 0.1) is 17.6 Å². The van der Waals surface area contributed by atoms with E-state index in [0.717, 1.165) is 29.2 Å². The summed E-state index contributed by atoms with van der Waals surface area (Å²) >= 11 is 0. The van der Waals surface area contributed by atoms with E-state index in [1.807, 2.05) is 0 Å². The Kier molecular flexibility index (Phi) is 7.60. The first kappa shape index (κ1) is 27.7. The summed E-state index contributed by atoms with van der Waals surface area (Å²) in [6, 6.07) is 5.87. The second kappa shape index (κ2) is 10.4. The van der Waals surface area contributed by atoms with Gasteiger partial charge in [-0.05, 0) is 42.3 Å². The SMILES string of the molecule is O[C@@H](CN1c2cccc(-c3cc(F)cc(F)c3)c2OCC1[C@@H]1C=C(OC(F)(F)C(F)F)C=CC1)C(F)(F)F. The van der Waals surface area contributed by atoms with Gasteiger partial charge in [-0.25, -0.2) is 8.78 Å². The van der Waals surface area contributed by atoms with E-state index < -0.39 is 60.7 Å². The molecule has 2 aromatic rings. The highest BCUT2D eigenvalue weighted by Crippen LogP contribution is 2.45. The number of aliphatic hydroxyl groups excluding tert-OH is 1. The highest BCUT2D eigenvalue weighted by atomic mass is 19.4. The van der Waals surface area contributed by atoms with Crippen molar-refractivity contribution in [1.29, 1.82) is 0 Å². The normalized spacial score (nSPS) is 20.6. The monoisotopic (exact) mass is 553 g/mol. The Labute approximate surface area is 210 Å². The quantitative estimate of drug-likeness (QED) is 0.400. The number of hydrogen-bond donors (Lipinski definition) is 1. The van der Waals surface area contributed by atoms with Crippen LogP contribution in [0.1, 0.15) is 6.42 Å². The summed E-state index contributed by atoms with van der Waals surface area (Å²) in [4.78, 5) is 1.15. The number of ether oxygens (including phenoxy) is 2. The van der Waals surface area contributed by atoms with Gasteiger partial charge in [-0.3, -0.25) is 0 Å². The van der Waals surface area contributed by atoms with Crippen LogP contribution in [0.15, 0.2) is 60.4 Å². The molecule has 3 atom stereocenters. The fraction of sp³-hybridized carbons (Fsp3) is 0.360. The predicted octanol–water partition coefficient (Wildman–Crippen LogP) is 6.46. The molecule has 1 aliphatic heterocycles. The number of nitrogens with zero attached hydrogens (tertiary/aromatic N) is 1. The van der Waals surface area contributed by atoms with E-state index in [4.69, 9.17) is 4.74 Å². The van der Waals surface area contributed by atoms with Crippen molar-refractivity contribution in [3.05, 3.63) is 72.0 Å². The molecule has 2 aromatic carbocycles. The molecule has 1 N–H and O–H groups in total. The van der Waals surface area contributed by atoms with E-state index in [2.05, 4.69) is 4.74 Å². The fourth-order valence-corrected chi connectivity index (χ4v) is 4.37. The van der Waals surface area contributed by atoms with E-state index in [1.165, 1.54) is 24.3 Å². The lowest BCUT2D eigenvalue weighted by atomic mass is 9.89. The molecule has 13 heteroatoms. The molecule has 0 amide bonds. The van der Waals surface area contributed by atoms with Gasteiger partial charge in [0.1, 0.15) is 24.0 Å². The maximum atomic E-state index is 13.9. The van der Waals surface area contributed by atoms with Gasteiger partial charge in [0.2, 0.25) is 0 Å². The molecule has 0 aromatic heterocycles. The number of para-hydroxylation sites is 1. The largest absolute Gasteiger partial charge is 0.489 e. The van der Waals surface area contributed by atoms with Gasteiger partial charge in [0.15, 0.2) is 11.9 Å². The maximum Gasteiger partial charge on any atom is 0.461 e. The predicted molar refractivity (Wildman–Crippen MR) is 118 cm³/mol. The summed E-state index contributed by atoms with van der Waals surface area (Å²) in [6.45, 7) is -1.33. The van der Waals surface area contributed by atoms with E-state index >= 15 is 0 Å². The number of aliphatic hydroxyl groups is 1. The minimum atomic E-state index is -5.01. The van der Waals surface area contributed by atoms with Crippen molar-refractivity contribution in [1.82, 2.24) is 0 Å². The van der Waals surface area contributed by atoms with E-state index in [1.54, 1.807) is 0 Å². The van der Waals surface area contributed by atoms with Crippen molar-refractivity contribution < 1.29 is 54.1 Å². The van der Waals surface area contributed by atoms with Crippen LogP contribution in [0.3, 0.4) is 0 Å². The molecule has 0 saturated carbocycles. The van der Waals surface area contributed by atoms with Crippen molar-refractivity contribution in [2.75, 3.05) is 18.1 Å². The third-order valence-corrected chi connectivity index (χ3v) is 6.09. The number of halogens is 9. The molecule has 0 spiro atoms. The number of rotatable bonds is 7. The summed E-state index contributed by atoms with van der Waals surface area (Å²) in [5.74, 6) is -3.28. The molecule has 206 valence electrons. The van der Waals surface area contributed by atoms with Gasteiger partial charge in [0, 0.05) is 17.5 Å². The van der Waals surface area contributed by atoms with Gasteiger partial charge >= 0.3 is 18.7 Å². The Hall–Kier alpha value is -3.35. The number of anilines is 1. The van der Waals surface area contributed by atoms with Gasteiger partial charge < -0.3 is 19.5 Å². The zero-order valence-electron chi connectivity index (χ0n) is 19.2. The van der Waals surface area contributed by atoms with E-state index in [-0.39, 0.29) is 35.6 Å². The first-order valence-electron chi connectivity index (χ1n) is 11.2. The van der Waals surface area contributed by atoms with Crippen molar-refractivity contribution in [3.63, 3.8) is 0 Å². The Morgan fingerprint density at radius 3 is 2.37 bits per heavy atom. The molecule has 0 radical (unpaired) electrons. The molecule has 4 nitrogen and oxygen atoms in total. The van der Waals surface area contributed by atoms with Gasteiger partial charge in [-0.15, -0.1) is 0 Å². The van der Waals surface area contributed by atoms with Crippen molar-refractivity contribution in [2.24, 2.45) is 5.92 Å². The van der Waals surface area contributed by atoms with Crippen molar-refractivity contribution >= 4 is 5.69 Å². The first-order chi connectivity index (χ1) is 17.8. The van der Waals surface area contributed by atoms with E-state index in [9.17, 15) is 44.6 Å². The third-order valence-electron chi connectivity index (χ3n) is 6.09. The molecular formula is C25H20F9NO3. The van der Waals surface area contributed by atoms with Gasteiger partial charge in [-0.2, -0.15) is 30.7 Å². The van der Waals surface area contributed by atoms with Crippen LogP contribution < -0.4 is 9.64 Å². The number of benzene rings is 2. The minimum absolute atomic E-state index is 0.0147. The summed E-state index contributed by atoms with van der Waals surface area (Å²) in [7, 11) is 0. The third kappa shape index (κ3) is 5.87. The molecule has 0 bridgehead atoms. The van der Waals surface area contributed by atoms with Crippen LogP contribution in [-0.2, 0) is 4.74 Å². The lowest BCUT2D eigenvalue weighted by Gasteiger charge is -2.43. The zero-order chi connectivity index (χ0) is 27.8. The lowest BCUT2D eigenvalue weighted by Crippen LogP contribution is -2.52. The summed E-state index contributed by atoms with van der Waals surface area (Å²) in [5.41, 5.74) is 0.236. The molecule has 1 heterocycles. The van der Waals surface area contributed by atoms with Crippen LogP contribution >= 0.6 is 0 Å². The average Bonchev–Trinajstić information content (AvgIpc) is 2.82. The number of fused-ring (bicyclic) bond motifs is 1. The Bertz CT molecular complexity index is 1210. The number of allylic oxidation sites excluding steroid dienone is 2. The van der Waals surface area contributed by atoms with Gasteiger partial charge in [-0.1, -0.05) is 18.2 Å². The Morgan fingerprint density at radius 2 is 1.74 bits per heavy atom. The topological polar surface area (TPSA) is 41.9 Å². The molecule has 1 aliphatic carbocycles. The van der Waals surface area contributed by atoms with Crippen LogP contribution in [0.2, 0.25) is 0 Å². The van der Waals surface area contributed by atoms with Crippen LogP contribution in [0.4, 0.5) is 45.2 Å². The lowest BCUT2D eigenvalue weighted by molar-refractivity contribution is -0.280. The number of β-amino-alcohol motifs (C(OH)–C–C–N with tert-alkyl or cyclic N) is 1. The Morgan fingerprint density at radius 1 is 1.05 bits per heavy atom. The molecule has 1 unspecified atom stereocenters. The second-order valence-electron chi connectivity index (χ2n) is 8.74. The summed E-state index contributed by atoms with van der Waals surface area (Å²) < 4.78 is 130. The van der Waals surface area contributed by atoms with E-state index in [0.29, 0.717) is 6.07 Å². The standard InChI is InChI=1S/C25H20F9NO3/c26-15-7-14(8-16(27)10-15)18-5-2-6-19-22(18)37-12-20(35(19)11-21(36)24(30,31)32)13-3-1-4-17(9-13)38-25(33,34)23(28)29/h1-2,4-10,13,20-21,23,36H,3,11-12H2/t13-,20?,21-/m0/s1. The molecule has 0 fully saturated rings. The Balaban J connectivity index is 1.74. The molecular weight excluding hydrogens is 533 g/mol. The average molecular weight is 553 g/mol. The smallest absolute Gasteiger partial charge is 0.461 e. The first-order valence-corrected chi connectivity index (χ1v) is 11.2. The summed E-state index contributed by atoms with van der Waals surface area (Å²) in [5, 5.41) is 9.86. The molecule has 2 aliphatic rings. The van der Waals surface area contributed by atoms with Crippen LogP contribution in [0.25, 0.3) is 11.1 Å². The summed E-state index contributed by atoms with van der Waals surface area (Å²) in [6.07, 6.45) is -13.2. The van der Waals surface area contributed by atoms with Crippen LogP contribution in [-0.4, -0.2) is 49.1 Å².